The molecule has 0 aromatic heterocycles. The highest BCUT2D eigenvalue weighted by molar-refractivity contribution is 6.12. The molecule has 0 bridgehead atoms. The number of aliphatic hydroxyl groups is 1. The number of ether oxygens (including phenoxy) is 3. The maximum atomic E-state index is 13.0. The van der Waals surface area contributed by atoms with Crippen molar-refractivity contribution in [1.29, 1.82) is 0 Å². The predicted molar refractivity (Wildman–Crippen MR) is 104 cm³/mol. The molecule has 5 heteroatoms. The van der Waals surface area contributed by atoms with Crippen LogP contribution in [-0.2, 0) is 4.79 Å². The SMILES string of the molecule is COc1ccc(/C=C2\C[C@@]3(C)C(=C(C)C2=O)CCC[C@@H]3O)c(OC)c1OC. The highest BCUT2D eigenvalue weighted by Crippen LogP contribution is 2.51. The minimum absolute atomic E-state index is 0.0495. The van der Waals surface area contributed by atoms with Gasteiger partial charge in [0, 0.05) is 16.6 Å². The van der Waals surface area contributed by atoms with Gasteiger partial charge in [0.05, 0.1) is 27.4 Å². The molecule has 0 spiro atoms. The first-order valence-corrected chi connectivity index (χ1v) is 9.30. The van der Waals surface area contributed by atoms with Gasteiger partial charge in [0.15, 0.2) is 17.3 Å². The van der Waals surface area contributed by atoms with Gasteiger partial charge in [-0.2, -0.15) is 0 Å². The highest BCUT2D eigenvalue weighted by atomic mass is 16.5. The van der Waals surface area contributed by atoms with Gasteiger partial charge in [-0.25, -0.2) is 0 Å². The molecule has 1 fully saturated rings. The quantitative estimate of drug-likeness (QED) is 0.811. The normalized spacial score (nSPS) is 26.8. The van der Waals surface area contributed by atoms with Crippen molar-refractivity contribution in [3.05, 3.63) is 34.4 Å². The maximum absolute atomic E-state index is 13.0. The van der Waals surface area contributed by atoms with Crippen molar-refractivity contribution in [3.8, 4) is 17.2 Å². The van der Waals surface area contributed by atoms with Gasteiger partial charge < -0.3 is 19.3 Å². The predicted octanol–water partition coefficient (Wildman–Crippen LogP) is 3.94. The van der Waals surface area contributed by atoms with Gasteiger partial charge in [-0.05, 0) is 56.4 Å². The fraction of sp³-hybridized carbons (Fsp3) is 0.500. The molecule has 0 amide bonds. The second-order valence-corrected chi connectivity index (χ2v) is 7.53. The Morgan fingerprint density at radius 3 is 2.48 bits per heavy atom. The molecule has 3 rings (SSSR count). The summed E-state index contributed by atoms with van der Waals surface area (Å²) < 4.78 is 16.3. The highest BCUT2D eigenvalue weighted by Gasteiger charge is 2.45. The zero-order valence-corrected chi connectivity index (χ0v) is 16.7. The molecule has 2 atom stereocenters. The van der Waals surface area contributed by atoms with E-state index in [-0.39, 0.29) is 11.2 Å². The number of Topliss-reactive ketones (excluding diaryl/α,β-unsaturated/α-hetero) is 1. The third kappa shape index (κ3) is 3.14. The van der Waals surface area contributed by atoms with E-state index in [1.807, 2.05) is 19.1 Å². The van der Waals surface area contributed by atoms with Crippen LogP contribution in [0, 0.1) is 5.41 Å². The summed E-state index contributed by atoms with van der Waals surface area (Å²) in [4.78, 5) is 13.0. The number of allylic oxidation sites excluding steroid dienone is 2. The fourth-order valence-corrected chi connectivity index (χ4v) is 4.51. The van der Waals surface area contributed by atoms with Crippen LogP contribution >= 0.6 is 0 Å². The number of hydrogen-bond donors (Lipinski definition) is 1. The van der Waals surface area contributed by atoms with Gasteiger partial charge in [0.25, 0.3) is 0 Å². The molecule has 146 valence electrons. The van der Waals surface area contributed by atoms with E-state index in [9.17, 15) is 9.90 Å². The van der Waals surface area contributed by atoms with Crippen LogP contribution in [0.2, 0.25) is 0 Å². The Kier molecular flexibility index (Phi) is 5.33. The van der Waals surface area contributed by atoms with Gasteiger partial charge in [-0.15, -0.1) is 0 Å². The minimum atomic E-state index is -0.431. The average Bonchev–Trinajstić information content (AvgIpc) is 2.67. The summed E-state index contributed by atoms with van der Waals surface area (Å²) in [5.41, 5.74) is 2.94. The van der Waals surface area contributed by atoms with E-state index >= 15 is 0 Å². The lowest BCUT2D eigenvalue weighted by Gasteiger charge is -2.45. The van der Waals surface area contributed by atoms with Crippen molar-refractivity contribution >= 4 is 11.9 Å². The van der Waals surface area contributed by atoms with E-state index in [0.717, 1.165) is 36.0 Å². The van der Waals surface area contributed by atoms with Crippen LogP contribution in [0.5, 0.6) is 17.2 Å². The van der Waals surface area contributed by atoms with E-state index < -0.39 is 6.10 Å². The van der Waals surface area contributed by atoms with E-state index in [4.69, 9.17) is 14.2 Å². The Labute approximate surface area is 160 Å². The smallest absolute Gasteiger partial charge is 0.203 e. The Balaban J connectivity index is 2.11. The van der Waals surface area contributed by atoms with Crippen molar-refractivity contribution in [1.82, 2.24) is 0 Å². The van der Waals surface area contributed by atoms with Gasteiger partial charge in [0.1, 0.15) is 0 Å². The van der Waals surface area contributed by atoms with Gasteiger partial charge in [-0.1, -0.05) is 12.5 Å². The van der Waals surface area contributed by atoms with E-state index in [1.165, 1.54) is 0 Å². The second kappa shape index (κ2) is 7.39. The van der Waals surface area contributed by atoms with Crippen LogP contribution in [0.4, 0.5) is 0 Å². The van der Waals surface area contributed by atoms with Crippen LogP contribution in [-0.4, -0.2) is 38.3 Å². The molecule has 0 heterocycles. The van der Waals surface area contributed by atoms with Gasteiger partial charge in [0.2, 0.25) is 5.75 Å². The van der Waals surface area contributed by atoms with Crippen molar-refractivity contribution < 1.29 is 24.1 Å². The first kappa shape index (κ1) is 19.5. The number of ketones is 1. The number of methoxy groups -OCH3 is 3. The summed E-state index contributed by atoms with van der Waals surface area (Å²) in [5, 5.41) is 10.7. The van der Waals surface area contributed by atoms with Gasteiger partial charge in [-0.3, -0.25) is 4.79 Å². The third-order valence-corrected chi connectivity index (χ3v) is 6.04. The maximum Gasteiger partial charge on any atom is 0.203 e. The van der Waals surface area contributed by atoms with Crippen LogP contribution in [0.3, 0.4) is 0 Å². The molecule has 0 aliphatic heterocycles. The zero-order chi connectivity index (χ0) is 19.8. The van der Waals surface area contributed by atoms with Crippen molar-refractivity contribution in [3.63, 3.8) is 0 Å². The molecule has 1 aromatic rings. The number of carbonyl (C=O) groups excluding carboxylic acids is 1. The lowest BCUT2D eigenvalue weighted by Crippen LogP contribution is -2.42. The van der Waals surface area contributed by atoms with E-state index in [0.29, 0.717) is 29.2 Å². The van der Waals surface area contributed by atoms with Crippen LogP contribution in [0.25, 0.3) is 6.08 Å². The Morgan fingerprint density at radius 1 is 1.15 bits per heavy atom. The Morgan fingerprint density at radius 2 is 1.85 bits per heavy atom. The Bertz CT molecular complexity index is 820. The van der Waals surface area contributed by atoms with E-state index in [1.54, 1.807) is 27.4 Å². The third-order valence-electron chi connectivity index (χ3n) is 6.04. The molecular weight excluding hydrogens is 344 g/mol. The summed E-state index contributed by atoms with van der Waals surface area (Å²) in [6, 6.07) is 3.65. The first-order valence-electron chi connectivity index (χ1n) is 9.30. The molecule has 0 unspecified atom stereocenters. The zero-order valence-electron chi connectivity index (χ0n) is 16.7. The monoisotopic (exact) mass is 372 g/mol. The summed E-state index contributed by atoms with van der Waals surface area (Å²) in [7, 11) is 4.69. The van der Waals surface area contributed by atoms with Crippen molar-refractivity contribution in [2.75, 3.05) is 21.3 Å². The molecule has 2 aliphatic carbocycles. The minimum Gasteiger partial charge on any atom is -0.493 e. The van der Waals surface area contributed by atoms with Crippen molar-refractivity contribution in [2.45, 2.75) is 45.6 Å². The molecule has 0 radical (unpaired) electrons. The fourth-order valence-electron chi connectivity index (χ4n) is 4.51. The second-order valence-electron chi connectivity index (χ2n) is 7.53. The topological polar surface area (TPSA) is 65.0 Å². The molecule has 1 N–H and O–H groups in total. The van der Waals surface area contributed by atoms with E-state index in [2.05, 4.69) is 6.92 Å². The summed E-state index contributed by atoms with van der Waals surface area (Å²) in [6.45, 7) is 3.95. The number of carbonyl (C=O) groups is 1. The Hall–Kier alpha value is -2.27. The standard InChI is InChI=1S/C22H28O5/c1-13-16-7-6-8-18(23)22(16,2)12-15(19(13)24)11-14-9-10-17(25-3)21(27-5)20(14)26-4/h9-11,18,23H,6-8,12H2,1-5H3/b15-11+/t18-,22-/m0/s1. The molecule has 27 heavy (non-hydrogen) atoms. The lowest BCUT2D eigenvalue weighted by atomic mass is 9.61. The van der Waals surface area contributed by atoms with Crippen LogP contribution in [0.15, 0.2) is 28.9 Å². The summed E-state index contributed by atoms with van der Waals surface area (Å²) in [6.07, 6.45) is 4.54. The molecule has 0 saturated heterocycles. The molecule has 2 aliphatic rings. The van der Waals surface area contributed by atoms with Crippen LogP contribution in [0.1, 0.15) is 45.1 Å². The summed E-state index contributed by atoms with van der Waals surface area (Å²) >= 11 is 0. The number of benzene rings is 1. The summed E-state index contributed by atoms with van der Waals surface area (Å²) in [5.74, 6) is 1.64. The average molecular weight is 372 g/mol. The van der Waals surface area contributed by atoms with Crippen molar-refractivity contribution in [2.24, 2.45) is 5.41 Å². The lowest BCUT2D eigenvalue weighted by molar-refractivity contribution is -0.113. The first-order chi connectivity index (χ1) is 12.9. The largest absolute Gasteiger partial charge is 0.493 e. The van der Waals surface area contributed by atoms with Gasteiger partial charge >= 0.3 is 0 Å². The molecule has 1 saturated carbocycles. The number of fused-ring (bicyclic) bond motifs is 1. The number of aliphatic hydroxyl groups excluding tert-OH is 1. The number of rotatable bonds is 4. The molecule has 1 aromatic carbocycles. The van der Waals surface area contributed by atoms with Crippen LogP contribution < -0.4 is 14.2 Å². The molecule has 5 nitrogen and oxygen atoms in total. The number of hydrogen-bond acceptors (Lipinski definition) is 5. The molecular formula is C22H28O5.